The van der Waals surface area contributed by atoms with Gasteiger partial charge >= 0.3 is 6.09 Å². The molecule has 0 spiro atoms. The Hall–Kier alpha value is -3.10. The highest BCUT2D eigenvalue weighted by Gasteiger charge is 2.25. The van der Waals surface area contributed by atoms with Crippen molar-refractivity contribution >= 4 is 12.0 Å². The summed E-state index contributed by atoms with van der Waals surface area (Å²) in [7, 11) is 0. The van der Waals surface area contributed by atoms with Gasteiger partial charge in [-0.3, -0.25) is 4.79 Å². The first-order valence-electron chi connectivity index (χ1n) is 10.3. The number of hydrogen-bond donors (Lipinski definition) is 4. The van der Waals surface area contributed by atoms with Crippen molar-refractivity contribution in [2.24, 2.45) is 0 Å². The molecule has 0 aromatic heterocycles. The molecule has 2 aromatic carbocycles. The molecule has 31 heavy (non-hydrogen) atoms. The van der Waals surface area contributed by atoms with Crippen LogP contribution < -0.4 is 10.1 Å². The van der Waals surface area contributed by atoms with Crippen LogP contribution in [0.1, 0.15) is 40.2 Å². The van der Waals surface area contributed by atoms with Gasteiger partial charge in [-0.25, -0.2) is 4.79 Å². The number of nitrogens with zero attached hydrogens (tertiary/aromatic N) is 1. The molecule has 1 aliphatic heterocycles. The molecule has 1 heterocycles. The van der Waals surface area contributed by atoms with E-state index in [0.717, 1.165) is 24.0 Å². The third kappa shape index (κ3) is 6.44. The number of likely N-dealkylation sites (tertiary alicyclic amines) is 1. The molecule has 4 N–H and O–H groups in total. The highest BCUT2D eigenvalue weighted by Crippen LogP contribution is 2.29. The predicted octanol–water partition coefficient (Wildman–Crippen LogP) is 2.21. The molecule has 1 fully saturated rings. The quantitative estimate of drug-likeness (QED) is 0.512. The molecule has 3 rings (SSSR count). The lowest BCUT2D eigenvalue weighted by molar-refractivity contribution is 0.0535. The molecule has 0 saturated carbocycles. The summed E-state index contributed by atoms with van der Waals surface area (Å²) in [5, 5.41) is 29.4. The van der Waals surface area contributed by atoms with Crippen molar-refractivity contribution in [1.82, 2.24) is 10.2 Å². The van der Waals surface area contributed by atoms with E-state index in [1.165, 1.54) is 0 Å². The van der Waals surface area contributed by atoms with E-state index in [1.54, 1.807) is 24.3 Å². The lowest BCUT2D eigenvalue weighted by Gasteiger charge is -2.32. The molecule has 0 aliphatic carbocycles. The average molecular weight is 428 g/mol. The van der Waals surface area contributed by atoms with Gasteiger partial charge in [-0.1, -0.05) is 30.3 Å². The largest absolute Gasteiger partial charge is 0.491 e. The maximum Gasteiger partial charge on any atom is 0.404 e. The number of aliphatic hydroxyl groups is 2. The number of hydrogen-bond acceptors (Lipinski definition) is 5. The van der Waals surface area contributed by atoms with E-state index in [2.05, 4.69) is 5.32 Å². The molecule has 1 atom stereocenters. The summed E-state index contributed by atoms with van der Waals surface area (Å²) >= 11 is 0. The van der Waals surface area contributed by atoms with Crippen molar-refractivity contribution in [3.05, 3.63) is 65.2 Å². The van der Waals surface area contributed by atoms with Gasteiger partial charge in [0.2, 0.25) is 0 Å². The van der Waals surface area contributed by atoms with Crippen molar-refractivity contribution in [1.29, 1.82) is 0 Å². The van der Waals surface area contributed by atoms with Crippen LogP contribution in [-0.4, -0.2) is 64.6 Å². The first-order chi connectivity index (χ1) is 15.0. The topological polar surface area (TPSA) is 119 Å². The molecule has 1 unspecified atom stereocenters. The summed E-state index contributed by atoms with van der Waals surface area (Å²) in [6, 6.07) is 14.7. The Labute approximate surface area is 181 Å². The minimum Gasteiger partial charge on any atom is -0.491 e. The van der Waals surface area contributed by atoms with Crippen molar-refractivity contribution in [2.45, 2.75) is 31.4 Å². The molecular formula is C23H28N2O6. The van der Waals surface area contributed by atoms with Gasteiger partial charge in [-0.2, -0.15) is 0 Å². The third-order valence-corrected chi connectivity index (χ3v) is 5.38. The summed E-state index contributed by atoms with van der Waals surface area (Å²) in [5.74, 6) is 0.731. The van der Waals surface area contributed by atoms with Gasteiger partial charge < -0.3 is 30.3 Å². The number of benzene rings is 2. The van der Waals surface area contributed by atoms with Crippen molar-refractivity contribution in [3.63, 3.8) is 0 Å². The normalized spacial score (nSPS) is 15.4. The Morgan fingerprint density at radius 3 is 2.58 bits per heavy atom. The number of carbonyl (C=O) groups is 2. The fourth-order valence-corrected chi connectivity index (χ4v) is 3.70. The number of amides is 2. The summed E-state index contributed by atoms with van der Waals surface area (Å²) in [5.41, 5.74) is 2.60. The van der Waals surface area contributed by atoms with E-state index in [1.807, 2.05) is 29.2 Å². The van der Waals surface area contributed by atoms with E-state index < -0.39 is 12.2 Å². The van der Waals surface area contributed by atoms with Gasteiger partial charge in [0.05, 0.1) is 6.61 Å². The van der Waals surface area contributed by atoms with Crippen LogP contribution in [0.15, 0.2) is 48.5 Å². The molecule has 8 heteroatoms. The molecular weight excluding hydrogens is 400 g/mol. The van der Waals surface area contributed by atoms with Crippen molar-refractivity contribution in [3.8, 4) is 5.75 Å². The second-order valence-electron chi connectivity index (χ2n) is 7.65. The average Bonchev–Trinajstić information content (AvgIpc) is 2.81. The molecule has 0 bridgehead atoms. The predicted molar refractivity (Wildman–Crippen MR) is 114 cm³/mol. The summed E-state index contributed by atoms with van der Waals surface area (Å²) < 4.78 is 5.43. The summed E-state index contributed by atoms with van der Waals surface area (Å²) in [4.78, 5) is 25.4. The van der Waals surface area contributed by atoms with E-state index in [0.29, 0.717) is 30.3 Å². The molecule has 2 aromatic rings. The van der Waals surface area contributed by atoms with Crippen LogP contribution in [0, 0.1) is 0 Å². The first kappa shape index (κ1) is 22.6. The molecule has 1 aliphatic rings. The lowest BCUT2D eigenvalue weighted by atomic mass is 9.88. The second kappa shape index (κ2) is 10.8. The number of nitrogens with one attached hydrogen (secondary N) is 1. The summed E-state index contributed by atoms with van der Waals surface area (Å²) in [6.45, 7) is 1.12. The number of ether oxygens (including phenoxy) is 1. The van der Waals surface area contributed by atoms with Crippen LogP contribution >= 0.6 is 0 Å². The van der Waals surface area contributed by atoms with Gasteiger partial charge in [0, 0.05) is 25.2 Å². The Balaban J connectivity index is 1.56. The fourth-order valence-electron chi connectivity index (χ4n) is 3.70. The number of rotatable bonds is 8. The van der Waals surface area contributed by atoms with Gasteiger partial charge in [0.25, 0.3) is 5.91 Å². The number of carboxylic acid groups (broad SMARTS) is 1. The fraction of sp³-hybridized carbons (Fsp3) is 0.391. The smallest absolute Gasteiger partial charge is 0.404 e. The standard InChI is InChI=1S/C23H28N2O6/c26-14-20(27)15-31-21-6-2-5-19(12-21)22(28)25-9-7-17(8-10-25)18-4-1-3-16(11-18)13-24-23(29)30/h1-6,11-12,17,20,24,26-27H,7-10,13-15H2,(H,29,30). The van der Waals surface area contributed by atoms with Gasteiger partial charge in [-0.15, -0.1) is 0 Å². The van der Waals surface area contributed by atoms with Crippen LogP contribution in [0.3, 0.4) is 0 Å². The zero-order valence-electron chi connectivity index (χ0n) is 17.2. The van der Waals surface area contributed by atoms with Crippen LogP contribution in [-0.2, 0) is 6.54 Å². The number of piperidine rings is 1. The molecule has 0 radical (unpaired) electrons. The van der Waals surface area contributed by atoms with Gasteiger partial charge in [0.15, 0.2) is 0 Å². The Kier molecular flexibility index (Phi) is 7.86. The maximum atomic E-state index is 12.9. The Morgan fingerprint density at radius 1 is 1.13 bits per heavy atom. The van der Waals surface area contributed by atoms with Gasteiger partial charge in [0.1, 0.15) is 18.5 Å². The second-order valence-corrected chi connectivity index (χ2v) is 7.65. The highest BCUT2D eigenvalue weighted by molar-refractivity contribution is 5.94. The van der Waals surface area contributed by atoms with Gasteiger partial charge in [-0.05, 0) is 48.1 Å². The minimum absolute atomic E-state index is 0.0411. The lowest BCUT2D eigenvalue weighted by Crippen LogP contribution is -2.38. The van der Waals surface area contributed by atoms with Crippen molar-refractivity contribution < 1.29 is 29.6 Å². The van der Waals surface area contributed by atoms with Crippen LogP contribution in [0.5, 0.6) is 5.75 Å². The van der Waals surface area contributed by atoms with Crippen molar-refractivity contribution in [2.75, 3.05) is 26.3 Å². The third-order valence-electron chi connectivity index (χ3n) is 5.38. The Bertz CT molecular complexity index is 895. The zero-order valence-corrected chi connectivity index (χ0v) is 17.2. The SMILES string of the molecule is O=C(O)NCc1cccc(C2CCN(C(=O)c3cccc(OCC(O)CO)c3)CC2)c1. The van der Waals surface area contributed by atoms with Crippen LogP contribution in [0.25, 0.3) is 0 Å². The van der Waals surface area contributed by atoms with E-state index >= 15 is 0 Å². The van der Waals surface area contributed by atoms with E-state index in [9.17, 15) is 14.7 Å². The zero-order chi connectivity index (χ0) is 22.2. The number of aliphatic hydroxyl groups excluding tert-OH is 2. The molecule has 1 saturated heterocycles. The van der Waals surface area contributed by atoms with Crippen LogP contribution in [0.4, 0.5) is 4.79 Å². The van der Waals surface area contributed by atoms with E-state index in [4.69, 9.17) is 14.9 Å². The minimum atomic E-state index is -1.05. The molecule has 166 valence electrons. The number of carbonyl (C=O) groups excluding carboxylic acids is 1. The highest BCUT2D eigenvalue weighted by atomic mass is 16.5. The Morgan fingerprint density at radius 2 is 1.87 bits per heavy atom. The van der Waals surface area contributed by atoms with Crippen LogP contribution in [0.2, 0.25) is 0 Å². The monoisotopic (exact) mass is 428 g/mol. The maximum absolute atomic E-state index is 12.9. The van der Waals surface area contributed by atoms with E-state index in [-0.39, 0.29) is 25.7 Å². The molecule has 8 nitrogen and oxygen atoms in total. The summed E-state index contributed by atoms with van der Waals surface area (Å²) in [6.07, 6.45) is -0.339. The molecule has 2 amide bonds. The first-order valence-corrected chi connectivity index (χ1v) is 10.3.